The van der Waals surface area contributed by atoms with E-state index in [0.717, 1.165) is 37.7 Å². The van der Waals surface area contributed by atoms with E-state index in [9.17, 15) is 0 Å². The largest absolute Gasteiger partial charge is 0.308 e. The molecule has 0 unspecified atom stereocenters. The molecular formula is C12H17N3. The maximum absolute atomic E-state index is 5.20. The summed E-state index contributed by atoms with van der Waals surface area (Å²) in [5, 5.41) is 7.91. The first-order chi connectivity index (χ1) is 7.38. The summed E-state index contributed by atoms with van der Waals surface area (Å²) in [5.41, 5.74) is 1.13. The predicted octanol–water partition coefficient (Wildman–Crippen LogP) is 1.55. The van der Waals surface area contributed by atoms with Crippen molar-refractivity contribution in [3.8, 4) is 12.3 Å². The van der Waals surface area contributed by atoms with Gasteiger partial charge in [-0.2, -0.15) is 5.10 Å². The van der Waals surface area contributed by atoms with Crippen molar-refractivity contribution >= 4 is 0 Å². The second-order valence-electron chi connectivity index (χ2n) is 4.03. The molecule has 1 aromatic rings. The highest BCUT2D eigenvalue weighted by Gasteiger charge is 2.20. The summed E-state index contributed by atoms with van der Waals surface area (Å²) >= 11 is 0. The summed E-state index contributed by atoms with van der Waals surface area (Å²) in [6.07, 6.45) is 11.7. The molecule has 1 aliphatic rings. The van der Waals surface area contributed by atoms with Crippen LogP contribution in [0.1, 0.15) is 31.4 Å². The van der Waals surface area contributed by atoms with Gasteiger partial charge in [-0.25, -0.2) is 0 Å². The SMILES string of the molecule is C#CCCCn1ccc(CNC2CC2)n1. The van der Waals surface area contributed by atoms with Crippen LogP contribution in [0.25, 0.3) is 0 Å². The number of unbranched alkanes of at least 4 members (excludes halogenated alkanes) is 1. The lowest BCUT2D eigenvalue weighted by Gasteiger charge is -1.99. The Morgan fingerprint density at radius 2 is 2.47 bits per heavy atom. The van der Waals surface area contributed by atoms with Crippen molar-refractivity contribution in [2.45, 2.75) is 44.8 Å². The third-order valence-corrected chi connectivity index (χ3v) is 2.55. The van der Waals surface area contributed by atoms with Crippen LogP contribution in [-0.2, 0) is 13.1 Å². The van der Waals surface area contributed by atoms with Gasteiger partial charge in [0.15, 0.2) is 0 Å². The number of terminal acetylenes is 1. The Morgan fingerprint density at radius 3 is 3.20 bits per heavy atom. The molecule has 0 bridgehead atoms. The standard InChI is InChI=1S/C12H17N3/c1-2-3-4-8-15-9-7-12(14-15)10-13-11-5-6-11/h1,7,9,11,13H,3-6,8,10H2. The van der Waals surface area contributed by atoms with Gasteiger partial charge < -0.3 is 5.32 Å². The summed E-state index contributed by atoms with van der Waals surface area (Å²) in [5.74, 6) is 2.64. The van der Waals surface area contributed by atoms with Crippen LogP contribution >= 0.6 is 0 Å². The van der Waals surface area contributed by atoms with Gasteiger partial charge in [0.1, 0.15) is 0 Å². The molecule has 1 aromatic heterocycles. The number of rotatable bonds is 6. The molecule has 3 nitrogen and oxygen atoms in total. The zero-order chi connectivity index (χ0) is 10.5. The Balaban J connectivity index is 1.73. The first kappa shape index (κ1) is 10.3. The molecule has 0 aromatic carbocycles. The van der Waals surface area contributed by atoms with Crippen LogP contribution in [0, 0.1) is 12.3 Å². The highest BCUT2D eigenvalue weighted by molar-refractivity contribution is 4.99. The summed E-state index contributed by atoms with van der Waals surface area (Å²) in [6.45, 7) is 1.82. The number of hydrogen-bond donors (Lipinski definition) is 1. The number of nitrogens with one attached hydrogen (secondary N) is 1. The second kappa shape index (κ2) is 4.99. The Hall–Kier alpha value is -1.27. The third kappa shape index (κ3) is 3.41. The minimum atomic E-state index is 0.747. The lowest BCUT2D eigenvalue weighted by Crippen LogP contribution is -2.15. The van der Waals surface area contributed by atoms with Crippen molar-refractivity contribution in [2.24, 2.45) is 0 Å². The van der Waals surface area contributed by atoms with Crippen LogP contribution < -0.4 is 5.32 Å². The minimum absolute atomic E-state index is 0.747. The molecule has 0 atom stereocenters. The summed E-state index contributed by atoms with van der Waals surface area (Å²) in [6, 6.07) is 2.82. The molecule has 0 amide bonds. The molecule has 1 N–H and O–H groups in total. The first-order valence-electron chi connectivity index (χ1n) is 5.57. The zero-order valence-corrected chi connectivity index (χ0v) is 8.95. The topological polar surface area (TPSA) is 29.9 Å². The van der Waals surface area contributed by atoms with E-state index in [1.54, 1.807) is 0 Å². The van der Waals surface area contributed by atoms with Gasteiger partial charge in [-0.1, -0.05) is 0 Å². The number of aryl methyl sites for hydroxylation is 1. The molecule has 2 rings (SSSR count). The molecule has 1 saturated carbocycles. The van der Waals surface area contributed by atoms with Gasteiger partial charge in [0.25, 0.3) is 0 Å². The maximum Gasteiger partial charge on any atom is 0.0762 e. The van der Waals surface area contributed by atoms with Crippen LogP contribution in [0.15, 0.2) is 12.3 Å². The van der Waals surface area contributed by atoms with Crippen molar-refractivity contribution in [1.29, 1.82) is 0 Å². The van der Waals surface area contributed by atoms with Gasteiger partial charge >= 0.3 is 0 Å². The van der Waals surface area contributed by atoms with Crippen molar-refractivity contribution in [3.63, 3.8) is 0 Å². The van der Waals surface area contributed by atoms with Gasteiger partial charge in [0, 0.05) is 31.7 Å². The predicted molar refractivity (Wildman–Crippen MR) is 60.2 cm³/mol. The summed E-state index contributed by atoms with van der Waals surface area (Å²) in [7, 11) is 0. The Labute approximate surface area is 90.9 Å². The van der Waals surface area contributed by atoms with Crippen LogP contribution in [0.4, 0.5) is 0 Å². The second-order valence-corrected chi connectivity index (χ2v) is 4.03. The molecule has 0 saturated heterocycles. The van der Waals surface area contributed by atoms with Crippen molar-refractivity contribution in [1.82, 2.24) is 15.1 Å². The number of aromatic nitrogens is 2. The van der Waals surface area contributed by atoms with Crippen molar-refractivity contribution < 1.29 is 0 Å². The average Bonchev–Trinajstić information content (AvgIpc) is 2.97. The Kier molecular flexibility index (Phi) is 3.41. The highest BCUT2D eigenvalue weighted by Crippen LogP contribution is 2.18. The van der Waals surface area contributed by atoms with E-state index in [1.807, 2.05) is 10.9 Å². The van der Waals surface area contributed by atoms with E-state index >= 15 is 0 Å². The van der Waals surface area contributed by atoms with Gasteiger partial charge in [-0.05, 0) is 25.3 Å². The van der Waals surface area contributed by atoms with E-state index in [2.05, 4.69) is 22.4 Å². The van der Waals surface area contributed by atoms with E-state index in [1.165, 1.54) is 12.8 Å². The zero-order valence-electron chi connectivity index (χ0n) is 8.95. The maximum atomic E-state index is 5.20. The lowest BCUT2D eigenvalue weighted by molar-refractivity contribution is 0.570. The van der Waals surface area contributed by atoms with E-state index in [0.29, 0.717) is 0 Å². The Morgan fingerprint density at radius 1 is 1.60 bits per heavy atom. The van der Waals surface area contributed by atoms with Gasteiger partial charge in [-0.15, -0.1) is 12.3 Å². The molecule has 0 spiro atoms. The van der Waals surface area contributed by atoms with E-state index in [-0.39, 0.29) is 0 Å². The number of hydrogen-bond acceptors (Lipinski definition) is 2. The molecular weight excluding hydrogens is 186 g/mol. The fourth-order valence-electron chi connectivity index (χ4n) is 1.50. The highest BCUT2D eigenvalue weighted by atomic mass is 15.3. The Bertz CT molecular complexity index is 344. The lowest BCUT2D eigenvalue weighted by atomic mass is 10.3. The average molecular weight is 203 g/mol. The fourth-order valence-corrected chi connectivity index (χ4v) is 1.50. The van der Waals surface area contributed by atoms with E-state index in [4.69, 9.17) is 6.42 Å². The quantitative estimate of drug-likeness (QED) is 0.561. The van der Waals surface area contributed by atoms with Crippen molar-refractivity contribution in [3.05, 3.63) is 18.0 Å². The normalized spacial score (nSPS) is 15.1. The first-order valence-corrected chi connectivity index (χ1v) is 5.57. The fraction of sp³-hybridized carbons (Fsp3) is 0.583. The molecule has 3 heteroatoms. The van der Waals surface area contributed by atoms with Crippen LogP contribution in [0.2, 0.25) is 0 Å². The molecule has 1 heterocycles. The molecule has 0 radical (unpaired) electrons. The summed E-state index contributed by atoms with van der Waals surface area (Å²) < 4.78 is 1.97. The third-order valence-electron chi connectivity index (χ3n) is 2.55. The van der Waals surface area contributed by atoms with E-state index < -0.39 is 0 Å². The summed E-state index contributed by atoms with van der Waals surface area (Å²) in [4.78, 5) is 0. The number of nitrogens with zero attached hydrogens (tertiary/aromatic N) is 2. The van der Waals surface area contributed by atoms with Gasteiger partial charge in [-0.3, -0.25) is 4.68 Å². The van der Waals surface area contributed by atoms with Gasteiger partial charge in [0.2, 0.25) is 0 Å². The molecule has 0 aliphatic heterocycles. The smallest absolute Gasteiger partial charge is 0.0762 e. The monoisotopic (exact) mass is 203 g/mol. The van der Waals surface area contributed by atoms with Crippen LogP contribution in [0.5, 0.6) is 0 Å². The van der Waals surface area contributed by atoms with Crippen LogP contribution in [-0.4, -0.2) is 15.8 Å². The van der Waals surface area contributed by atoms with Crippen LogP contribution in [0.3, 0.4) is 0 Å². The van der Waals surface area contributed by atoms with Crippen molar-refractivity contribution in [2.75, 3.05) is 0 Å². The minimum Gasteiger partial charge on any atom is -0.308 e. The molecule has 80 valence electrons. The van der Waals surface area contributed by atoms with Gasteiger partial charge in [0.05, 0.1) is 5.69 Å². The molecule has 1 aliphatic carbocycles. The molecule has 1 fully saturated rings. The molecule has 15 heavy (non-hydrogen) atoms.